The van der Waals surface area contributed by atoms with Crippen LogP contribution < -0.4 is 5.73 Å². The summed E-state index contributed by atoms with van der Waals surface area (Å²) in [6.45, 7) is 2.16. The Morgan fingerprint density at radius 2 is 1.71 bits per heavy atom. The van der Waals surface area contributed by atoms with Crippen molar-refractivity contribution in [3.05, 3.63) is 47.8 Å². The highest BCUT2D eigenvalue weighted by molar-refractivity contribution is 7.98. The molecule has 4 heteroatoms. The summed E-state index contributed by atoms with van der Waals surface area (Å²) in [6.07, 6.45) is 4.35. The summed E-state index contributed by atoms with van der Waals surface area (Å²) in [5.74, 6) is 1.37. The summed E-state index contributed by atoms with van der Waals surface area (Å²) < 4.78 is 0. The SMILES string of the molecule is CCc1ccc(CSc2nccnc2N)cc1. The van der Waals surface area contributed by atoms with E-state index in [2.05, 4.69) is 41.2 Å². The Balaban J connectivity index is 2.00. The monoisotopic (exact) mass is 245 g/mol. The summed E-state index contributed by atoms with van der Waals surface area (Å²) in [4.78, 5) is 8.22. The van der Waals surface area contributed by atoms with Crippen LogP contribution in [0.1, 0.15) is 18.1 Å². The van der Waals surface area contributed by atoms with Gasteiger partial charge < -0.3 is 5.73 Å². The van der Waals surface area contributed by atoms with Crippen molar-refractivity contribution in [1.29, 1.82) is 0 Å². The first-order valence-corrected chi connectivity index (χ1v) is 6.55. The second-order valence-electron chi connectivity index (χ2n) is 3.71. The van der Waals surface area contributed by atoms with Crippen molar-refractivity contribution >= 4 is 17.6 Å². The highest BCUT2D eigenvalue weighted by Crippen LogP contribution is 2.24. The molecule has 0 aliphatic carbocycles. The van der Waals surface area contributed by atoms with Gasteiger partial charge in [0.2, 0.25) is 0 Å². The van der Waals surface area contributed by atoms with Gasteiger partial charge in [0, 0.05) is 18.1 Å². The molecular formula is C13H15N3S. The molecule has 0 saturated carbocycles. The molecule has 1 aromatic heterocycles. The maximum Gasteiger partial charge on any atom is 0.156 e. The van der Waals surface area contributed by atoms with Crippen molar-refractivity contribution in [2.45, 2.75) is 24.1 Å². The predicted molar refractivity (Wildman–Crippen MR) is 71.8 cm³/mol. The van der Waals surface area contributed by atoms with E-state index in [1.54, 1.807) is 24.2 Å². The molecule has 0 amide bonds. The van der Waals surface area contributed by atoms with Gasteiger partial charge in [-0.15, -0.1) is 0 Å². The van der Waals surface area contributed by atoms with Crippen LogP contribution in [0.2, 0.25) is 0 Å². The number of nitrogens with zero attached hydrogens (tertiary/aromatic N) is 2. The highest BCUT2D eigenvalue weighted by atomic mass is 32.2. The fourth-order valence-electron chi connectivity index (χ4n) is 1.47. The maximum absolute atomic E-state index is 5.74. The number of rotatable bonds is 4. The van der Waals surface area contributed by atoms with Crippen LogP contribution in [-0.4, -0.2) is 9.97 Å². The zero-order valence-corrected chi connectivity index (χ0v) is 10.6. The van der Waals surface area contributed by atoms with Crippen LogP contribution in [0.3, 0.4) is 0 Å². The van der Waals surface area contributed by atoms with E-state index in [4.69, 9.17) is 5.73 Å². The first kappa shape index (κ1) is 11.9. The number of thioether (sulfide) groups is 1. The van der Waals surface area contributed by atoms with Crippen LogP contribution in [0.15, 0.2) is 41.7 Å². The molecule has 2 N–H and O–H groups in total. The van der Waals surface area contributed by atoms with Gasteiger partial charge in [-0.05, 0) is 17.5 Å². The van der Waals surface area contributed by atoms with E-state index in [9.17, 15) is 0 Å². The number of aromatic nitrogens is 2. The van der Waals surface area contributed by atoms with E-state index in [0.717, 1.165) is 17.2 Å². The third kappa shape index (κ3) is 3.20. The predicted octanol–water partition coefficient (Wildman–Crippen LogP) is 2.91. The van der Waals surface area contributed by atoms with Gasteiger partial charge in [0.05, 0.1) is 0 Å². The average Bonchev–Trinajstić information content (AvgIpc) is 2.38. The van der Waals surface area contributed by atoms with Crippen molar-refractivity contribution in [2.24, 2.45) is 0 Å². The molecule has 1 aromatic carbocycles. The number of benzene rings is 1. The molecule has 0 unspecified atom stereocenters. The molecule has 0 radical (unpaired) electrons. The van der Waals surface area contributed by atoms with Gasteiger partial charge in [0.1, 0.15) is 5.03 Å². The molecule has 2 rings (SSSR count). The second-order valence-corrected chi connectivity index (χ2v) is 4.67. The third-order valence-electron chi connectivity index (χ3n) is 2.50. The van der Waals surface area contributed by atoms with Crippen LogP contribution in [-0.2, 0) is 12.2 Å². The van der Waals surface area contributed by atoms with Gasteiger partial charge in [0.15, 0.2) is 5.82 Å². The standard InChI is InChI=1S/C13H15N3S/c1-2-10-3-5-11(6-4-10)9-17-13-12(14)15-7-8-16-13/h3-8H,2,9H2,1H3,(H2,14,15). The second kappa shape index (κ2) is 5.68. The summed E-state index contributed by atoms with van der Waals surface area (Å²) >= 11 is 1.61. The molecule has 0 atom stereocenters. The average molecular weight is 245 g/mol. The van der Waals surface area contributed by atoms with Crippen molar-refractivity contribution in [3.8, 4) is 0 Å². The van der Waals surface area contributed by atoms with Crippen molar-refractivity contribution in [2.75, 3.05) is 5.73 Å². The van der Waals surface area contributed by atoms with E-state index >= 15 is 0 Å². The molecule has 1 heterocycles. The third-order valence-corrected chi connectivity index (χ3v) is 3.56. The van der Waals surface area contributed by atoms with Gasteiger partial charge in [0.25, 0.3) is 0 Å². The number of hydrogen-bond donors (Lipinski definition) is 1. The molecule has 0 bridgehead atoms. The molecule has 0 aliphatic rings. The van der Waals surface area contributed by atoms with Gasteiger partial charge >= 0.3 is 0 Å². The van der Waals surface area contributed by atoms with Crippen molar-refractivity contribution < 1.29 is 0 Å². The first-order valence-electron chi connectivity index (χ1n) is 5.56. The van der Waals surface area contributed by atoms with Gasteiger partial charge in [-0.3, -0.25) is 0 Å². The van der Waals surface area contributed by atoms with E-state index in [0.29, 0.717) is 5.82 Å². The lowest BCUT2D eigenvalue weighted by molar-refractivity contribution is 1.07. The number of nitrogen functional groups attached to an aromatic ring is 1. The fraction of sp³-hybridized carbons (Fsp3) is 0.231. The zero-order chi connectivity index (χ0) is 12.1. The lowest BCUT2D eigenvalue weighted by Crippen LogP contribution is -1.95. The Morgan fingerprint density at radius 1 is 1.06 bits per heavy atom. The Bertz CT molecular complexity index is 482. The molecule has 0 aliphatic heterocycles. The normalized spacial score (nSPS) is 10.4. The quantitative estimate of drug-likeness (QED) is 0.841. The summed E-state index contributed by atoms with van der Waals surface area (Å²) in [5.41, 5.74) is 8.37. The Hall–Kier alpha value is -1.55. The molecular weight excluding hydrogens is 230 g/mol. The molecule has 0 fully saturated rings. The molecule has 0 saturated heterocycles. The number of aryl methyl sites for hydroxylation is 1. The number of hydrogen-bond acceptors (Lipinski definition) is 4. The Morgan fingerprint density at radius 3 is 2.35 bits per heavy atom. The minimum atomic E-state index is 0.502. The van der Waals surface area contributed by atoms with Crippen LogP contribution in [0.25, 0.3) is 0 Å². The minimum absolute atomic E-state index is 0.502. The van der Waals surface area contributed by atoms with Crippen LogP contribution in [0.4, 0.5) is 5.82 Å². The van der Waals surface area contributed by atoms with Gasteiger partial charge in [-0.1, -0.05) is 43.0 Å². The smallest absolute Gasteiger partial charge is 0.156 e. The maximum atomic E-state index is 5.74. The molecule has 0 spiro atoms. The Labute approximate surface area is 105 Å². The lowest BCUT2D eigenvalue weighted by Gasteiger charge is -2.04. The largest absolute Gasteiger partial charge is 0.381 e. The summed E-state index contributed by atoms with van der Waals surface area (Å²) in [6, 6.07) is 8.63. The molecule has 17 heavy (non-hydrogen) atoms. The van der Waals surface area contributed by atoms with Crippen LogP contribution in [0.5, 0.6) is 0 Å². The zero-order valence-electron chi connectivity index (χ0n) is 9.76. The summed E-state index contributed by atoms with van der Waals surface area (Å²) in [7, 11) is 0. The van der Waals surface area contributed by atoms with E-state index in [1.165, 1.54) is 11.1 Å². The van der Waals surface area contributed by atoms with Gasteiger partial charge in [-0.2, -0.15) is 0 Å². The highest BCUT2D eigenvalue weighted by Gasteiger charge is 2.02. The number of anilines is 1. The minimum Gasteiger partial charge on any atom is -0.381 e. The lowest BCUT2D eigenvalue weighted by atomic mass is 10.1. The number of nitrogens with two attached hydrogens (primary N) is 1. The summed E-state index contributed by atoms with van der Waals surface area (Å²) in [5, 5.41) is 0.798. The van der Waals surface area contributed by atoms with Crippen LogP contribution >= 0.6 is 11.8 Å². The topological polar surface area (TPSA) is 51.8 Å². The molecule has 3 nitrogen and oxygen atoms in total. The first-order chi connectivity index (χ1) is 8.29. The van der Waals surface area contributed by atoms with Crippen molar-refractivity contribution in [3.63, 3.8) is 0 Å². The van der Waals surface area contributed by atoms with Crippen molar-refractivity contribution in [1.82, 2.24) is 9.97 Å². The molecule has 2 aromatic rings. The van der Waals surface area contributed by atoms with E-state index < -0.39 is 0 Å². The van der Waals surface area contributed by atoms with E-state index in [-0.39, 0.29) is 0 Å². The fourth-order valence-corrected chi connectivity index (χ4v) is 2.30. The van der Waals surface area contributed by atoms with Crippen LogP contribution in [0, 0.1) is 0 Å². The molecule has 88 valence electrons. The van der Waals surface area contributed by atoms with E-state index in [1.807, 2.05) is 0 Å². The van der Waals surface area contributed by atoms with Gasteiger partial charge in [-0.25, -0.2) is 9.97 Å². The Kier molecular flexibility index (Phi) is 3.98.